The molecule has 0 saturated carbocycles. The highest BCUT2D eigenvalue weighted by Gasteiger charge is 2.08. The van der Waals surface area contributed by atoms with E-state index in [0.717, 1.165) is 11.0 Å². The van der Waals surface area contributed by atoms with Gasteiger partial charge in [-0.3, -0.25) is 0 Å². The molecule has 0 saturated heterocycles. The number of nitrogens with two attached hydrogens (primary N) is 1. The van der Waals surface area contributed by atoms with Gasteiger partial charge in [-0.05, 0) is 12.1 Å². The number of aromatic amines is 1. The molecular weight excluding hydrogens is 166 g/mol. The molecule has 13 heavy (non-hydrogen) atoms. The van der Waals surface area contributed by atoms with E-state index in [0.29, 0.717) is 5.82 Å². The Labute approximate surface area is 75.4 Å². The summed E-state index contributed by atoms with van der Waals surface area (Å²) in [6.45, 7) is -0.0974. The third-order valence-corrected chi connectivity index (χ3v) is 1.96. The van der Waals surface area contributed by atoms with Gasteiger partial charge >= 0.3 is 0 Å². The van der Waals surface area contributed by atoms with Gasteiger partial charge < -0.3 is 15.8 Å². The predicted octanol–water partition coefficient (Wildman–Crippen LogP) is 0.555. The molecule has 1 atom stereocenters. The molecule has 0 radical (unpaired) electrons. The van der Waals surface area contributed by atoms with E-state index in [1.165, 1.54) is 0 Å². The summed E-state index contributed by atoms with van der Waals surface area (Å²) in [6.07, 6.45) is 0. The van der Waals surface area contributed by atoms with Gasteiger partial charge in [-0.25, -0.2) is 4.98 Å². The van der Waals surface area contributed by atoms with Crippen molar-refractivity contribution >= 4 is 11.0 Å². The van der Waals surface area contributed by atoms with E-state index >= 15 is 0 Å². The molecule has 1 aromatic heterocycles. The number of benzene rings is 1. The van der Waals surface area contributed by atoms with Crippen molar-refractivity contribution in [2.24, 2.45) is 5.73 Å². The van der Waals surface area contributed by atoms with Gasteiger partial charge in [-0.2, -0.15) is 0 Å². The number of para-hydroxylation sites is 2. The van der Waals surface area contributed by atoms with Crippen molar-refractivity contribution in [3.05, 3.63) is 30.1 Å². The molecule has 2 aromatic rings. The number of fused-ring (bicyclic) bond motifs is 1. The smallest absolute Gasteiger partial charge is 0.126 e. The minimum Gasteiger partial charge on any atom is -0.394 e. The first-order valence-corrected chi connectivity index (χ1v) is 4.12. The van der Waals surface area contributed by atoms with Crippen LogP contribution < -0.4 is 5.73 Å². The first-order chi connectivity index (χ1) is 6.31. The monoisotopic (exact) mass is 177 g/mol. The number of hydrogen-bond acceptors (Lipinski definition) is 3. The van der Waals surface area contributed by atoms with Crippen LogP contribution >= 0.6 is 0 Å². The average molecular weight is 177 g/mol. The minimum absolute atomic E-state index is 0.0974. The maximum atomic E-state index is 8.83. The molecule has 0 aliphatic rings. The Balaban J connectivity index is 2.49. The van der Waals surface area contributed by atoms with Gasteiger partial charge in [0, 0.05) is 0 Å². The SMILES string of the molecule is N[C@H](CO)c1nc2ccccc2[nH]1. The lowest BCUT2D eigenvalue weighted by Gasteiger charge is -2.01. The molecule has 0 fully saturated rings. The van der Waals surface area contributed by atoms with Gasteiger partial charge in [-0.15, -0.1) is 0 Å². The number of imidazole rings is 1. The molecule has 0 aliphatic heterocycles. The van der Waals surface area contributed by atoms with Gasteiger partial charge in [0.25, 0.3) is 0 Å². The molecule has 0 bridgehead atoms. The highest BCUT2D eigenvalue weighted by Crippen LogP contribution is 2.13. The van der Waals surface area contributed by atoms with Crippen molar-refractivity contribution in [3.8, 4) is 0 Å². The Morgan fingerprint density at radius 2 is 2.23 bits per heavy atom. The summed E-state index contributed by atoms with van der Waals surface area (Å²) in [5, 5.41) is 8.83. The molecule has 1 heterocycles. The summed E-state index contributed by atoms with van der Waals surface area (Å²) < 4.78 is 0. The molecule has 0 spiro atoms. The van der Waals surface area contributed by atoms with E-state index in [9.17, 15) is 0 Å². The van der Waals surface area contributed by atoms with Gasteiger partial charge in [0.15, 0.2) is 0 Å². The fourth-order valence-electron chi connectivity index (χ4n) is 1.23. The Kier molecular flexibility index (Phi) is 2.00. The second-order valence-corrected chi connectivity index (χ2v) is 2.93. The van der Waals surface area contributed by atoms with Crippen LogP contribution in [-0.4, -0.2) is 21.7 Å². The van der Waals surface area contributed by atoms with Crippen LogP contribution in [0.1, 0.15) is 11.9 Å². The first kappa shape index (κ1) is 8.22. The van der Waals surface area contributed by atoms with Gasteiger partial charge in [0.2, 0.25) is 0 Å². The van der Waals surface area contributed by atoms with Crippen LogP contribution in [0.3, 0.4) is 0 Å². The average Bonchev–Trinajstić information content (AvgIpc) is 2.59. The number of nitrogens with one attached hydrogen (secondary N) is 1. The summed E-state index contributed by atoms with van der Waals surface area (Å²) in [4.78, 5) is 7.29. The van der Waals surface area contributed by atoms with Gasteiger partial charge in [-0.1, -0.05) is 12.1 Å². The summed E-state index contributed by atoms with van der Waals surface area (Å²) in [7, 11) is 0. The maximum absolute atomic E-state index is 8.83. The number of nitrogens with zero attached hydrogens (tertiary/aromatic N) is 1. The molecule has 0 aliphatic carbocycles. The number of aliphatic hydroxyl groups is 1. The number of rotatable bonds is 2. The summed E-state index contributed by atoms with van der Waals surface area (Å²) in [6, 6.07) is 7.24. The number of aliphatic hydroxyl groups excluding tert-OH is 1. The zero-order valence-electron chi connectivity index (χ0n) is 7.07. The van der Waals surface area contributed by atoms with Crippen LogP contribution in [0.4, 0.5) is 0 Å². The molecule has 1 aromatic carbocycles. The number of H-pyrrole nitrogens is 1. The van der Waals surface area contributed by atoms with E-state index < -0.39 is 6.04 Å². The standard InChI is InChI=1S/C9H11N3O/c10-6(5-13)9-11-7-3-1-2-4-8(7)12-9/h1-4,6,13H,5,10H2,(H,11,12)/t6-/m1/s1. The second-order valence-electron chi connectivity index (χ2n) is 2.93. The van der Waals surface area contributed by atoms with E-state index in [1.807, 2.05) is 24.3 Å². The Morgan fingerprint density at radius 3 is 2.92 bits per heavy atom. The molecule has 4 N–H and O–H groups in total. The lowest BCUT2D eigenvalue weighted by atomic mass is 10.3. The number of hydrogen-bond donors (Lipinski definition) is 3. The summed E-state index contributed by atoms with van der Waals surface area (Å²) >= 11 is 0. The topological polar surface area (TPSA) is 74.9 Å². The lowest BCUT2D eigenvalue weighted by molar-refractivity contribution is 0.264. The number of aromatic nitrogens is 2. The lowest BCUT2D eigenvalue weighted by Crippen LogP contribution is -2.15. The molecule has 4 nitrogen and oxygen atoms in total. The molecule has 0 unspecified atom stereocenters. The van der Waals surface area contributed by atoms with Crippen molar-refractivity contribution in [2.75, 3.05) is 6.61 Å². The quantitative estimate of drug-likeness (QED) is 0.627. The van der Waals surface area contributed by atoms with E-state index in [4.69, 9.17) is 10.8 Å². The van der Waals surface area contributed by atoms with Crippen molar-refractivity contribution in [2.45, 2.75) is 6.04 Å². The first-order valence-electron chi connectivity index (χ1n) is 4.12. The normalized spacial score (nSPS) is 13.4. The predicted molar refractivity (Wildman–Crippen MR) is 50.1 cm³/mol. The highest BCUT2D eigenvalue weighted by molar-refractivity contribution is 5.74. The van der Waals surface area contributed by atoms with Crippen molar-refractivity contribution in [3.63, 3.8) is 0 Å². The van der Waals surface area contributed by atoms with E-state index in [1.54, 1.807) is 0 Å². The van der Waals surface area contributed by atoms with Crippen LogP contribution in [0.15, 0.2) is 24.3 Å². The Hall–Kier alpha value is -1.39. The summed E-state index contributed by atoms with van der Waals surface area (Å²) in [5.74, 6) is 0.628. The fourth-order valence-corrected chi connectivity index (χ4v) is 1.23. The molecule has 68 valence electrons. The Morgan fingerprint density at radius 1 is 1.46 bits per heavy atom. The maximum Gasteiger partial charge on any atom is 0.126 e. The Bertz CT molecular complexity index is 377. The largest absolute Gasteiger partial charge is 0.394 e. The van der Waals surface area contributed by atoms with Crippen LogP contribution in [0, 0.1) is 0 Å². The van der Waals surface area contributed by atoms with Crippen LogP contribution in [-0.2, 0) is 0 Å². The van der Waals surface area contributed by atoms with E-state index in [-0.39, 0.29) is 6.61 Å². The van der Waals surface area contributed by atoms with Crippen molar-refractivity contribution in [1.29, 1.82) is 0 Å². The van der Waals surface area contributed by atoms with Crippen molar-refractivity contribution < 1.29 is 5.11 Å². The molecule has 2 rings (SSSR count). The molecular formula is C9H11N3O. The molecule has 0 amide bonds. The molecule has 4 heteroatoms. The van der Waals surface area contributed by atoms with E-state index in [2.05, 4.69) is 9.97 Å². The fraction of sp³-hybridized carbons (Fsp3) is 0.222. The summed E-state index contributed by atoms with van der Waals surface area (Å²) in [5.41, 5.74) is 7.44. The van der Waals surface area contributed by atoms with Gasteiger partial charge in [0.1, 0.15) is 5.82 Å². The van der Waals surface area contributed by atoms with Crippen LogP contribution in [0.2, 0.25) is 0 Å². The van der Waals surface area contributed by atoms with Crippen LogP contribution in [0.5, 0.6) is 0 Å². The zero-order valence-corrected chi connectivity index (χ0v) is 7.07. The highest BCUT2D eigenvalue weighted by atomic mass is 16.3. The second kappa shape index (κ2) is 3.16. The van der Waals surface area contributed by atoms with Crippen molar-refractivity contribution in [1.82, 2.24) is 9.97 Å². The van der Waals surface area contributed by atoms with Crippen LogP contribution in [0.25, 0.3) is 11.0 Å². The minimum atomic E-state index is -0.424. The zero-order chi connectivity index (χ0) is 9.26. The van der Waals surface area contributed by atoms with Gasteiger partial charge in [0.05, 0.1) is 23.7 Å². The third kappa shape index (κ3) is 1.41. The third-order valence-electron chi connectivity index (χ3n) is 1.96.